The lowest BCUT2D eigenvalue weighted by molar-refractivity contribution is -0.137. The largest absolute Gasteiger partial charge is 0.478 e. The molecule has 106 valence electrons. The van der Waals surface area contributed by atoms with Gasteiger partial charge in [-0.15, -0.1) is 0 Å². The van der Waals surface area contributed by atoms with Crippen molar-refractivity contribution in [3.05, 3.63) is 46.2 Å². The van der Waals surface area contributed by atoms with E-state index in [0.717, 1.165) is 16.8 Å². The molecule has 1 heterocycles. The van der Waals surface area contributed by atoms with Crippen LogP contribution in [0, 0.1) is 6.92 Å². The number of benzene rings is 1. The first-order valence-corrected chi connectivity index (χ1v) is 5.74. The monoisotopic (exact) mass is 304 g/mol. The van der Waals surface area contributed by atoms with Crippen molar-refractivity contribution in [2.24, 2.45) is 0 Å². The fourth-order valence-electron chi connectivity index (χ4n) is 1.65. The molecule has 0 aliphatic heterocycles. The zero-order valence-electron chi connectivity index (χ0n) is 10.1. The van der Waals surface area contributed by atoms with E-state index in [0.29, 0.717) is 16.8 Å². The summed E-state index contributed by atoms with van der Waals surface area (Å²) in [4.78, 5) is 11.1. The van der Waals surface area contributed by atoms with Crippen LogP contribution in [-0.4, -0.2) is 20.9 Å². The maximum atomic E-state index is 12.6. The van der Waals surface area contributed by atoms with Gasteiger partial charge in [-0.25, -0.2) is 9.48 Å². The average molecular weight is 305 g/mol. The van der Waals surface area contributed by atoms with E-state index in [9.17, 15) is 18.0 Å². The Labute approximate surface area is 116 Å². The third-order valence-electron chi connectivity index (χ3n) is 2.64. The highest BCUT2D eigenvalue weighted by Crippen LogP contribution is 2.31. The van der Waals surface area contributed by atoms with Crippen LogP contribution in [0.15, 0.2) is 24.4 Å². The van der Waals surface area contributed by atoms with Crippen LogP contribution in [0.1, 0.15) is 21.6 Å². The molecular weight excluding hydrogens is 297 g/mol. The van der Waals surface area contributed by atoms with E-state index in [2.05, 4.69) is 5.10 Å². The summed E-state index contributed by atoms with van der Waals surface area (Å²) in [5.74, 6) is -1.48. The molecule has 20 heavy (non-hydrogen) atoms. The molecule has 4 nitrogen and oxygen atoms in total. The Morgan fingerprint density at radius 1 is 1.40 bits per heavy atom. The van der Waals surface area contributed by atoms with E-state index in [1.165, 1.54) is 6.20 Å². The lowest BCUT2D eigenvalue weighted by Crippen LogP contribution is -2.11. The molecule has 0 radical (unpaired) electrons. The van der Waals surface area contributed by atoms with E-state index in [4.69, 9.17) is 16.7 Å². The predicted octanol–water partition coefficient (Wildman–Crippen LogP) is 3.55. The maximum absolute atomic E-state index is 12.6. The number of hydrogen-bond acceptors (Lipinski definition) is 2. The van der Waals surface area contributed by atoms with Gasteiger partial charge in [0.15, 0.2) is 0 Å². The van der Waals surface area contributed by atoms with Crippen molar-refractivity contribution in [3.63, 3.8) is 0 Å². The highest BCUT2D eigenvalue weighted by molar-refractivity contribution is 6.31. The lowest BCUT2D eigenvalue weighted by atomic mass is 10.1. The highest BCUT2D eigenvalue weighted by atomic mass is 35.5. The van der Waals surface area contributed by atoms with Crippen LogP contribution in [-0.2, 0) is 6.18 Å². The Balaban J connectivity index is 2.62. The van der Waals surface area contributed by atoms with Crippen molar-refractivity contribution in [2.75, 3.05) is 0 Å². The normalized spacial score (nSPS) is 11.7. The number of nitrogens with zero attached hydrogens (tertiary/aromatic N) is 2. The Hall–Kier alpha value is -2.02. The smallest absolute Gasteiger partial charge is 0.416 e. The highest BCUT2D eigenvalue weighted by Gasteiger charge is 2.32. The molecule has 0 saturated carbocycles. The first-order chi connectivity index (χ1) is 9.20. The standard InChI is InChI=1S/C12H8ClF3N2O2/c1-6-9(13)5-18(17-6)10-3-2-7(12(14,15)16)4-8(10)11(19)20/h2-5H,1H3,(H,19,20). The summed E-state index contributed by atoms with van der Waals surface area (Å²) >= 11 is 5.80. The maximum Gasteiger partial charge on any atom is 0.416 e. The minimum atomic E-state index is -4.61. The van der Waals surface area contributed by atoms with Crippen LogP contribution in [0.25, 0.3) is 5.69 Å². The second-order valence-electron chi connectivity index (χ2n) is 4.04. The number of aromatic nitrogens is 2. The van der Waals surface area contributed by atoms with Crippen LogP contribution in [0.3, 0.4) is 0 Å². The zero-order chi connectivity index (χ0) is 15.1. The summed E-state index contributed by atoms with van der Waals surface area (Å²) in [7, 11) is 0. The Morgan fingerprint density at radius 3 is 2.50 bits per heavy atom. The average Bonchev–Trinajstić information content (AvgIpc) is 2.67. The van der Waals surface area contributed by atoms with Gasteiger partial charge in [-0.3, -0.25) is 0 Å². The van der Waals surface area contributed by atoms with Gasteiger partial charge in [0.2, 0.25) is 0 Å². The van der Waals surface area contributed by atoms with E-state index < -0.39 is 23.3 Å². The van der Waals surface area contributed by atoms with Crippen LogP contribution < -0.4 is 0 Å². The quantitative estimate of drug-likeness (QED) is 0.923. The molecule has 0 aliphatic rings. The molecule has 2 aromatic rings. The van der Waals surface area contributed by atoms with Gasteiger partial charge in [-0.1, -0.05) is 11.6 Å². The molecule has 0 fully saturated rings. The summed E-state index contributed by atoms with van der Waals surface area (Å²) in [5.41, 5.74) is -1.07. The molecule has 0 unspecified atom stereocenters. The predicted molar refractivity (Wildman–Crippen MR) is 65.3 cm³/mol. The zero-order valence-corrected chi connectivity index (χ0v) is 10.8. The number of halogens is 4. The third-order valence-corrected chi connectivity index (χ3v) is 3.01. The molecule has 0 atom stereocenters. The minimum absolute atomic E-state index is 0.0144. The lowest BCUT2D eigenvalue weighted by Gasteiger charge is -2.11. The summed E-state index contributed by atoms with van der Waals surface area (Å²) in [6, 6.07) is 2.42. The molecule has 8 heteroatoms. The summed E-state index contributed by atoms with van der Waals surface area (Å²) in [6.45, 7) is 1.60. The van der Waals surface area contributed by atoms with Crippen LogP contribution in [0.4, 0.5) is 13.2 Å². The SMILES string of the molecule is Cc1nn(-c2ccc(C(F)(F)F)cc2C(=O)O)cc1Cl. The van der Waals surface area contributed by atoms with Gasteiger partial charge >= 0.3 is 12.1 Å². The molecule has 1 aromatic heterocycles. The van der Waals surface area contributed by atoms with Gasteiger partial charge in [-0.2, -0.15) is 18.3 Å². The molecular formula is C12H8ClF3N2O2. The number of carbonyl (C=O) groups is 1. The van der Waals surface area contributed by atoms with Crippen molar-refractivity contribution in [1.29, 1.82) is 0 Å². The number of carboxylic acids is 1. The molecule has 0 aliphatic carbocycles. The summed E-state index contributed by atoms with van der Waals surface area (Å²) in [5, 5.41) is 13.3. The van der Waals surface area contributed by atoms with Crippen molar-refractivity contribution >= 4 is 17.6 Å². The molecule has 2 rings (SSSR count). The van der Waals surface area contributed by atoms with Gasteiger partial charge in [-0.05, 0) is 25.1 Å². The Morgan fingerprint density at radius 2 is 2.05 bits per heavy atom. The molecule has 1 N–H and O–H groups in total. The number of carboxylic acid groups (broad SMARTS) is 1. The molecule has 1 aromatic carbocycles. The number of alkyl halides is 3. The van der Waals surface area contributed by atoms with E-state index in [-0.39, 0.29) is 5.69 Å². The first-order valence-electron chi connectivity index (χ1n) is 5.37. The molecule has 0 saturated heterocycles. The minimum Gasteiger partial charge on any atom is -0.478 e. The second kappa shape index (κ2) is 4.82. The van der Waals surface area contributed by atoms with Gasteiger partial charge in [0.05, 0.1) is 27.5 Å². The topological polar surface area (TPSA) is 55.1 Å². The van der Waals surface area contributed by atoms with Crippen molar-refractivity contribution in [3.8, 4) is 5.69 Å². The van der Waals surface area contributed by atoms with Crippen LogP contribution in [0.2, 0.25) is 5.02 Å². The number of hydrogen-bond donors (Lipinski definition) is 1. The molecule has 0 bridgehead atoms. The fraction of sp³-hybridized carbons (Fsp3) is 0.167. The molecule has 0 spiro atoms. The van der Waals surface area contributed by atoms with E-state index in [1.807, 2.05) is 0 Å². The van der Waals surface area contributed by atoms with Crippen molar-refractivity contribution in [1.82, 2.24) is 9.78 Å². The number of rotatable bonds is 2. The fourth-order valence-corrected chi connectivity index (χ4v) is 1.78. The first kappa shape index (κ1) is 14.4. The third kappa shape index (κ3) is 2.62. The van der Waals surface area contributed by atoms with Gasteiger partial charge < -0.3 is 5.11 Å². The van der Waals surface area contributed by atoms with Gasteiger partial charge in [0, 0.05) is 6.20 Å². The van der Waals surface area contributed by atoms with Crippen molar-refractivity contribution < 1.29 is 23.1 Å². The summed E-state index contributed by atoms with van der Waals surface area (Å²) < 4.78 is 38.9. The number of aryl methyl sites for hydroxylation is 1. The van der Waals surface area contributed by atoms with E-state index >= 15 is 0 Å². The second-order valence-corrected chi connectivity index (χ2v) is 4.45. The van der Waals surface area contributed by atoms with Crippen molar-refractivity contribution in [2.45, 2.75) is 13.1 Å². The summed E-state index contributed by atoms with van der Waals surface area (Å²) in [6.07, 6.45) is -3.27. The van der Waals surface area contributed by atoms with Gasteiger partial charge in [0.1, 0.15) is 0 Å². The van der Waals surface area contributed by atoms with Crippen LogP contribution in [0.5, 0.6) is 0 Å². The van der Waals surface area contributed by atoms with E-state index in [1.54, 1.807) is 6.92 Å². The van der Waals surface area contributed by atoms with Gasteiger partial charge in [0.25, 0.3) is 0 Å². The Bertz CT molecular complexity index is 660. The Kier molecular flexibility index (Phi) is 3.47. The number of aromatic carboxylic acids is 1. The van der Waals surface area contributed by atoms with Crippen LogP contribution >= 0.6 is 11.6 Å². The molecule has 0 amide bonds.